The number of Topliss-reactive ketones (excluding diaryl/α,β-unsaturated/α-hetero) is 1. The van der Waals surface area contributed by atoms with E-state index < -0.39 is 72.1 Å². The highest BCUT2D eigenvalue weighted by Crippen LogP contribution is 2.24. The first-order valence-corrected chi connectivity index (χ1v) is 15.4. The number of alkyl halides is 5. The zero-order valence-electron chi connectivity index (χ0n) is 26.9. The van der Waals surface area contributed by atoms with Gasteiger partial charge in [-0.25, -0.2) is 0 Å². The van der Waals surface area contributed by atoms with E-state index >= 15 is 0 Å². The van der Waals surface area contributed by atoms with Crippen molar-refractivity contribution < 1.29 is 50.7 Å². The van der Waals surface area contributed by atoms with Gasteiger partial charge in [0, 0.05) is 17.0 Å². The van der Waals surface area contributed by atoms with Crippen molar-refractivity contribution in [2.75, 3.05) is 13.7 Å². The van der Waals surface area contributed by atoms with Crippen LogP contribution in [-0.2, 0) is 25.6 Å². The predicted octanol–water partition coefficient (Wildman–Crippen LogP) is 4.57. The van der Waals surface area contributed by atoms with E-state index in [1.165, 1.54) is 57.4 Å². The third kappa shape index (κ3) is 11.0. The average Bonchev–Trinajstić information content (AvgIpc) is 3.07. The molecule has 0 aliphatic carbocycles. The maximum atomic E-state index is 14.9. The number of methoxy groups -OCH3 is 1. The van der Waals surface area contributed by atoms with Crippen LogP contribution in [0, 0.1) is 5.92 Å². The molecule has 0 saturated heterocycles. The normalized spacial score (nSPS) is 13.4. The van der Waals surface area contributed by atoms with E-state index in [9.17, 15) is 45.9 Å². The molecule has 0 aromatic heterocycles. The van der Waals surface area contributed by atoms with Gasteiger partial charge in [0.15, 0.2) is 0 Å². The summed E-state index contributed by atoms with van der Waals surface area (Å²) in [7, 11) is 1.38. The van der Waals surface area contributed by atoms with E-state index in [0.29, 0.717) is 16.3 Å². The summed E-state index contributed by atoms with van der Waals surface area (Å²) in [6, 6.07) is 14.9. The van der Waals surface area contributed by atoms with Crippen LogP contribution in [0.3, 0.4) is 0 Å². The van der Waals surface area contributed by atoms with Crippen LogP contribution in [0.1, 0.15) is 41.4 Å². The summed E-state index contributed by atoms with van der Waals surface area (Å²) >= 11 is 6.12. The van der Waals surface area contributed by atoms with E-state index in [-0.39, 0.29) is 17.5 Å². The van der Waals surface area contributed by atoms with Gasteiger partial charge in [-0.1, -0.05) is 67.9 Å². The zero-order valence-corrected chi connectivity index (χ0v) is 27.7. The van der Waals surface area contributed by atoms with E-state index in [2.05, 4.69) is 16.0 Å². The largest absolute Gasteiger partial charge is 0.497 e. The SMILES string of the molecule is COc1ccc([C@H](NC(=O)C(Cc2cccc(Cl)c2)NC(=O)c2ccccc2)C(=O)N[C@H](C(=O)C(F)(F)C(=O)NCC(F)(F)F)C(C)C)cc1. The van der Waals surface area contributed by atoms with Crippen molar-refractivity contribution in [1.82, 2.24) is 21.3 Å². The average molecular weight is 725 g/mol. The molecule has 4 amide bonds. The molecule has 0 fully saturated rings. The van der Waals surface area contributed by atoms with Crippen molar-refractivity contribution in [3.05, 3.63) is 101 Å². The van der Waals surface area contributed by atoms with Gasteiger partial charge in [-0.05, 0) is 53.4 Å². The molecule has 10 nitrogen and oxygen atoms in total. The Bertz CT molecular complexity index is 1670. The molecule has 0 aliphatic heterocycles. The molecule has 0 radical (unpaired) electrons. The predicted molar refractivity (Wildman–Crippen MR) is 173 cm³/mol. The number of ether oxygens (including phenoxy) is 1. The van der Waals surface area contributed by atoms with E-state index in [4.69, 9.17) is 16.3 Å². The molecule has 0 bridgehead atoms. The van der Waals surface area contributed by atoms with Crippen LogP contribution in [0.15, 0.2) is 78.9 Å². The topological polar surface area (TPSA) is 143 Å². The number of hydrogen-bond donors (Lipinski definition) is 4. The van der Waals surface area contributed by atoms with Gasteiger partial charge in [-0.15, -0.1) is 0 Å². The van der Waals surface area contributed by atoms with Crippen molar-refractivity contribution in [3.8, 4) is 5.75 Å². The van der Waals surface area contributed by atoms with Crippen LogP contribution in [0.4, 0.5) is 22.0 Å². The van der Waals surface area contributed by atoms with Crippen LogP contribution in [0.2, 0.25) is 5.02 Å². The lowest BCUT2D eigenvalue weighted by molar-refractivity contribution is -0.165. The number of carbonyl (C=O) groups is 5. The summed E-state index contributed by atoms with van der Waals surface area (Å²) in [5, 5.41) is 8.58. The van der Waals surface area contributed by atoms with Crippen molar-refractivity contribution >= 4 is 41.0 Å². The molecule has 0 saturated carbocycles. The minimum absolute atomic E-state index is 0.0946. The summed E-state index contributed by atoms with van der Waals surface area (Å²) in [4.78, 5) is 65.6. The number of rotatable bonds is 15. The van der Waals surface area contributed by atoms with E-state index in [1.807, 2.05) is 0 Å². The maximum Gasteiger partial charge on any atom is 0.405 e. The van der Waals surface area contributed by atoms with Crippen molar-refractivity contribution in [3.63, 3.8) is 0 Å². The number of hydrogen-bond acceptors (Lipinski definition) is 6. The summed E-state index contributed by atoms with van der Waals surface area (Å²) < 4.78 is 72.5. The van der Waals surface area contributed by atoms with Gasteiger partial charge in [0.2, 0.25) is 17.6 Å². The Kier molecular flexibility index (Phi) is 13.4. The number of ketones is 1. The Hall–Kier alpha value is -5.05. The lowest BCUT2D eigenvalue weighted by atomic mass is 9.94. The summed E-state index contributed by atoms with van der Waals surface area (Å²) in [5.41, 5.74) is 0.851. The second-order valence-corrected chi connectivity index (χ2v) is 11.8. The first-order chi connectivity index (χ1) is 23.4. The first kappa shape index (κ1) is 39.4. The van der Waals surface area contributed by atoms with Crippen LogP contribution in [0.25, 0.3) is 0 Å². The van der Waals surface area contributed by atoms with Gasteiger partial charge in [-0.2, -0.15) is 22.0 Å². The molecule has 3 atom stereocenters. The molecule has 1 unspecified atom stereocenters. The van der Waals surface area contributed by atoms with Gasteiger partial charge in [0.05, 0.1) is 13.2 Å². The summed E-state index contributed by atoms with van der Waals surface area (Å²) in [6.07, 6.45) is -5.14. The van der Waals surface area contributed by atoms with Crippen LogP contribution in [0.5, 0.6) is 5.75 Å². The van der Waals surface area contributed by atoms with Crippen LogP contribution < -0.4 is 26.0 Å². The molecule has 3 aromatic carbocycles. The molecule has 4 N–H and O–H groups in total. The Labute approximate surface area is 289 Å². The minimum Gasteiger partial charge on any atom is -0.497 e. The molecule has 0 heterocycles. The van der Waals surface area contributed by atoms with Crippen molar-refractivity contribution in [1.29, 1.82) is 0 Å². The molecule has 3 aromatic rings. The second-order valence-electron chi connectivity index (χ2n) is 11.4. The molecule has 3 rings (SSSR count). The van der Waals surface area contributed by atoms with Gasteiger partial charge in [-0.3, -0.25) is 24.0 Å². The molecule has 16 heteroatoms. The Morgan fingerprint density at radius 3 is 2.00 bits per heavy atom. The number of carbonyl (C=O) groups excluding carboxylic acids is 5. The van der Waals surface area contributed by atoms with Gasteiger partial charge < -0.3 is 26.0 Å². The fraction of sp³-hybridized carbons (Fsp3) is 0.324. The standard InChI is InChI=1S/C34H34ClF5N4O6/c1-19(2)26(28(45)34(39,40)32(49)41-18-33(36,37)38)43-31(48)27(21-12-14-24(50-3)15-13-21)44-30(47)25(17-20-8-7-11-23(35)16-20)42-29(46)22-9-5-4-6-10-22/h4-16,19,25-27H,17-18H2,1-3H3,(H,41,49)(H,42,46)(H,43,48)(H,44,47)/t25?,26-,27-/m0/s1. The quantitative estimate of drug-likeness (QED) is 0.134. The maximum absolute atomic E-state index is 14.9. The van der Waals surface area contributed by atoms with Gasteiger partial charge >= 0.3 is 12.1 Å². The molecule has 0 aliphatic rings. The lowest BCUT2D eigenvalue weighted by Crippen LogP contribution is -2.58. The fourth-order valence-corrected chi connectivity index (χ4v) is 4.86. The molecule has 50 heavy (non-hydrogen) atoms. The third-order valence-corrected chi connectivity index (χ3v) is 7.51. The number of benzene rings is 3. The minimum atomic E-state index is -5.03. The first-order valence-electron chi connectivity index (χ1n) is 15.0. The Morgan fingerprint density at radius 2 is 1.44 bits per heavy atom. The Balaban J connectivity index is 1.95. The Morgan fingerprint density at radius 1 is 0.800 bits per heavy atom. The summed E-state index contributed by atoms with van der Waals surface area (Å²) in [6.45, 7) is 0.400. The number of nitrogens with one attached hydrogen (secondary N) is 4. The third-order valence-electron chi connectivity index (χ3n) is 7.28. The molecule has 268 valence electrons. The monoisotopic (exact) mass is 724 g/mol. The molecular formula is C34H34ClF5N4O6. The van der Waals surface area contributed by atoms with Gasteiger partial charge in [0.25, 0.3) is 11.8 Å². The fourth-order valence-electron chi connectivity index (χ4n) is 4.65. The lowest BCUT2D eigenvalue weighted by Gasteiger charge is -2.28. The molecule has 0 spiro atoms. The highest BCUT2D eigenvalue weighted by Gasteiger charge is 2.52. The second kappa shape index (κ2) is 17.1. The van der Waals surface area contributed by atoms with E-state index in [1.54, 1.807) is 42.5 Å². The highest BCUT2D eigenvalue weighted by molar-refractivity contribution is 6.30. The van der Waals surface area contributed by atoms with Crippen molar-refractivity contribution in [2.24, 2.45) is 5.92 Å². The van der Waals surface area contributed by atoms with Crippen LogP contribution in [-0.4, -0.2) is 67.2 Å². The smallest absolute Gasteiger partial charge is 0.405 e. The number of amides is 4. The molecular weight excluding hydrogens is 691 g/mol. The van der Waals surface area contributed by atoms with Crippen molar-refractivity contribution in [2.45, 2.75) is 50.5 Å². The van der Waals surface area contributed by atoms with Crippen LogP contribution >= 0.6 is 11.6 Å². The summed E-state index contributed by atoms with van der Waals surface area (Å²) in [5.74, 6) is -13.1. The highest BCUT2D eigenvalue weighted by atomic mass is 35.5. The number of halogens is 6. The van der Waals surface area contributed by atoms with Gasteiger partial charge in [0.1, 0.15) is 24.4 Å². The zero-order chi connectivity index (χ0) is 37.2. The van der Waals surface area contributed by atoms with E-state index in [0.717, 1.165) is 5.32 Å².